The topological polar surface area (TPSA) is 52.0 Å². The van der Waals surface area contributed by atoms with Crippen molar-refractivity contribution >= 4 is 0 Å². The Balaban J connectivity index is 2.05. The summed E-state index contributed by atoms with van der Waals surface area (Å²) in [5.41, 5.74) is 3.42. The number of ether oxygens (including phenoxy) is 1. The molecule has 0 fully saturated rings. The van der Waals surface area contributed by atoms with E-state index in [1.807, 2.05) is 30.2 Å². The number of rotatable bonds is 6. The Bertz CT molecular complexity index is 536. The molecule has 2 heterocycles. The van der Waals surface area contributed by atoms with E-state index in [0.29, 0.717) is 0 Å². The lowest BCUT2D eigenvalue weighted by Gasteiger charge is -2.08. The molecule has 0 amide bonds. The average molecular weight is 260 g/mol. The molecule has 19 heavy (non-hydrogen) atoms. The fraction of sp³-hybridized carbons (Fsp3) is 0.429. The summed E-state index contributed by atoms with van der Waals surface area (Å²) in [6.45, 7) is 6.44. The summed E-state index contributed by atoms with van der Waals surface area (Å²) in [6.07, 6.45) is 5.70. The molecule has 0 atom stereocenters. The van der Waals surface area contributed by atoms with Gasteiger partial charge < -0.3 is 10.1 Å². The van der Waals surface area contributed by atoms with Crippen molar-refractivity contribution in [3.63, 3.8) is 0 Å². The Morgan fingerprint density at radius 1 is 1.32 bits per heavy atom. The third-order valence-electron chi connectivity index (χ3n) is 2.85. The van der Waals surface area contributed by atoms with Crippen LogP contribution in [0.2, 0.25) is 0 Å². The maximum Gasteiger partial charge on any atom is 0.156 e. The van der Waals surface area contributed by atoms with Crippen LogP contribution in [0.3, 0.4) is 0 Å². The highest BCUT2D eigenvalue weighted by Gasteiger charge is 2.05. The molecule has 0 aliphatic carbocycles. The van der Waals surface area contributed by atoms with Gasteiger partial charge in [-0.1, -0.05) is 0 Å². The molecular formula is C14H20N4O. The number of nitrogens with zero attached hydrogens (tertiary/aromatic N) is 3. The Morgan fingerprint density at radius 2 is 2.16 bits per heavy atom. The number of methoxy groups -OCH3 is 1. The highest BCUT2D eigenvalue weighted by Crippen LogP contribution is 2.12. The van der Waals surface area contributed by atoms with Crippen LogP contribution in [0, 0.1) is 13.8 Å². The predicted molar refractivity (Wildman–Crippen MR) is 74.4 cm³/mol. The number of hydrogen-bond donors (Lipinski definition) is 1. The standard InChI is InChI=1S/C14H20N4O/c1-11-7-17-18(10-11)14-12(2)6-13(9-16-14)8-15-4-5-19-3/h6-7,9-10,15H,4-5,8H2,1-3H3. The van der Waals surface area contributed by atoms with Crippen molar-refractivity contribution in [1.82, 2.24) is 20.1 Å². The smallest absolute Gasteiger partial charge is 0.156 e. The van der Waals surface area contributed by atoms with Gasteiger partial charge in [0.1, 0.15) is 0 Å². The van der Waals surface area contributed by atoms with Gasteiger partial charge >= 0.3 is 0 Å². The molecule has 0 radical (unpaired) electrons. The maximum atomic E-state index is 4.99. The highest BCUT2D eigenvalue weighted by molar-refractivity contribution is 5.35. The van der Waals surface area contributed by atoms with Gasteiger partial charge in [-0.3, -0.25) is 0 Å². The van der Waals surface area contributed by atoms with Crippen LogP contribution in [0.1, 0.15) is 16.7 Å². The molecular weight excluding hydrogens is 240 g/mol. The van der Waals surface area contributed by atoms with Gasteiger partial charge in [0.2, 0.25) is 0 Å². The molecule has 1 N–H and O–H groups in total. The van der Waals surface area contributed by atoms with E-state index in [4.69, 9.17) is 4.74 Å². The molecule has 0 spiro atoms. The molecule has 0 unspecified atom stereocenters. The Hall–Kier alpha value is -1.72. The van der Waals surface area contributed by atoms with Gasteiger partial charge in [0.05, 0.1) is 12.8 Å². The fourth-order valence-corrected chi connectivity index (χ4v) is 1.90. The van der Waals surface area contributed by atoms with Gasteiger partial charge in [0.15, 0.2) is 5.82 Å². The maximum absolute atomic E-state index is 4.99. The van der Waals surface area contributed by atoms with E-state index in [1.165, 1.54) is 5.56 Å². The summed E-state index contributed by atoms with van der Waals surface area (Å²) in [4.78, 5) is 4.49. The van der Waals surface area contributed by atoms with E-state index >= 15 is 0 Å². The normalized spacial score (nSPS) is 10.9. The van der Waals surface area contributed by atoms with Crippen molar-refractivity contribution in [3.8, 4) is 5.82 Å². The molecule has 0 aromatic carbocycles. The SMILES string of the molecule is COCCNCc1cnc(-n2cc(C)cn2)c(C)c1. The second-order valence-electron chi connectivity index (χ2n) is 4.62. The molecule has 5 heteroatoms. The first-order chi connectivity index (χ1) is 9.20. The summed E-state index contributed by atoms with van der Waals surface area (Å²) in [5, 5.41) is 7.59. The van der Waals surface area contributed by atoms with Crippen molar-refractivity contribution in [2.45, 2.75) is 20.4 Å². The van der Waals surface area contributed by atoms with Crippen molar-refractivity contribution in [2.24, 2.45) is 0 Å². The Kier molecular flexibility index (Phi) is 4.65. The van der Waals surface area contributed by atoms with Crippen molar-refractivity contribution < 1.29 is 4.74 Å². The zero-order chi connectivity index (χ0) is 13.7. The van der Waals surface area contributed by atoms with E-state index < -0.39 is 0 Å². The Morgan fingerprint density at radius 3 is 2.79 bits per heavy atom. The minimum atomic E-state index is 0.719. The average Bonchev–Trinajstić information content (AvgIpc) is 2.81. The van der Waals surface area contributed by atoms with Gasteiger partial charge in [-0.05, 0) is 36.6 Å². The van der Waals surface area contributed by atoms with E-state index in [9.17, 15) is 0 Å². The van der Waals surface area contributed by atoms with Gasteiger partial charge in [-0.15, -0.1) is 0 Å². The third kappa shape index (κ3) is 3.62. The molecule has 0 saturated heterocycles. The van der Waals surface area contributed by atoms with Gasteiger partial charge in [-0.2, -0.15) is 5.10 Å². The number of aromatic nitrogens is 3. The first kappa shape index (κ1) is 13.7. The predicted octanol–water partition coefficient (Wildman–Crippen LogP) is 1.62. The minimum absolute atomic E-state index is 0.719. The second-order valence-corrected chi connectivity index (χ2v) is 4.62. The summed E-state index contributed by atoms with van der Waals surface area (Å²) >= 11 is 0. The molecule has 0 bridgehead atoms. The molecule has 2 rings (SSSR count). The van der Waals surface area contributed by atoms with Gasteiger partial charge in [-0.25, -0.2) is 9.67 Å². The van der Waals surface area contributed by atoms with Crippen molar-refractivity contribution in [3.05, 3.63) is 41.3 Å². The molecule has 5 nitrogen and oxygen atoms in total. The number of nitrogens with one attached hydrogen (secondary N) is 1. The van der Waals surface area contributed by atoms with E-state index in [1.54, 1.807) is 7.11 Å². The molecule has 102 valence electrons. The quantitative estimate of drug-likeness (QED) is 0.802. The molecule has 0 aliphatic rings. The molecule has 0 saturated carbocycles. The zero-order valence-corrected chi connectivity index (χ0v) is 11.7. The summed E-state index contributed by atoms with van der Waals surface area (Å²) in [7, 11) is 1.70. The van der Waals surface area contributed by atoms with E-state index in [-0.39, 0.29) is 0 Å². The van der Waals surface area contributed by atoms with Crippen LogP contribution in [0.4, 0.5) is 0 Å². The molecule has 0 aliphatic heterocycles. The lowest BCUT2D eigenvalue weighted by Crippen LogP contribution is -2.18. The van der Waals surface area contributed by atoms with Crippen LogP contribution in [0.15, 0.2) is 24.7 Å². The van der Waals surface area contributed by atoms with E-state index in [0.717, 1.165) is 36.6 Å². The number of pyridine rings is 1. The van der Waals surface area contributed by atoms with Crippen LogP contribution in [0.5, 0.6) is 0 Å². The van der Waals surface area contributed by atoms with Gasteiger partial charge in [0, 0.05) is 32.6 Å². The second kappa shape index (κ2) is 6.45. The van der Waals surface area contributed by atoms with Crippen LogP contribution >= 0.6 is 0 Å². The molecule has 2 aromatic rings. The number of aryl methyl sites for hydroxylation is 2. The zero-order valence-electron chi connectivity index (χ0n) is 11.7. The lowest BCUT2D eigenvalue weighted by atomic mass is 10.2. The first-order valence-electron chi connectivity index (χ1n) is 6.37. The van der Waals surface area contributed by atoms with Crippen LogP contribution < -0.4 is 5.32 Å². The highest BCUT2D eigenvalue weighted by atomic mass is 16.5. The fourth-order valence-electron chi connectivity index (χ4n) is 1.90. The third-order valence-corrected chi connectivity index (χ3v) is 2.85. The monoisotopic (exact) mass is 260 g/mol. The largest absolute Gasteiger partial charge is 0.383 e. The van der Waals surface area contributed by atoms with Crippen LogP contribution in [0.25, 0.3) is 5.82 Å². The molecule has 2 aromatic heterocycles. The van der Waals surface area contributed by atoms with Crippen molar-refractivity contribution in [2.75, 3.05) is 20.3 Å². The van der Waals surface area contributed by atoms with Crippen LogP contribution in [-0.2, 0) is 11.3 Å². The van der Waals surface area contributed by atoms with E-state index in [2.05, 4.69) is 28.4 Å². The number of hydrogen-bond acceptors (Lipinski definition) is 4. The minimum Gasteiger partial charge on any atom is -0.383 e. The van der Waals surface area contributed by atoms with Crippen LogP contribution in [-0.4, -0.2) is 35.0 Å². The van der Waals surface area contributed by atoms with Gasteiger partial charge in [0.25, 0.3) is 0 Å². The van der Waals surface area contributed by atoms with Crippen molar-refractivity contribution in [1.29, 1.82) is 0 Å². The lowest BCUT2D eigenvalue weighted by molar-refractivity contribution is 0.199. The summed E-state index contributed by atoms with van der Waals surface area (Å²) in [6, 6.07) is 2.14. The first-order valence-corrected chi connectivity index (χ1v) is 6.37. The summed E-state index contributed by atoms with van der Waals surface area (Å²) < 4.78 is 6.81. The Labute approximate surface area is 113 Å². The summed E-state index contributed by atoms with van der Waals surface area (Å²) in [5.74, 6) is 0.883.